The number of aliphatic hydroxyl groups excluding tert-OH is 2. The molecule has 32 heavy (non-hydrogen) atoms. The number of carbonyl (C=O) groups is 1. The van der Waals surface area contributed by atoms with E-state index in [1.165, 1.54) is 6.20 Å². The third-order valence-corrected chi connectivity index (χ3v) is 5.92. The Morgan fingerprint density at radius 3 is 2.47 bits per heavy atom. The van der Waals surface area contributed by atoms with Crippen LogP contribution in [0, 0.1) is 0 Å². The van der Waals surface area contributed by atoms with Crippen molar-refractivity contribution in [1.82, 2.24) is 15.3 Å². The fourth-order valence-corrected chi connectivity index (χ4v) is 4.28. The normalized spacial score (nSPS) is 14.6. The number of aliphatic hydroxyl groups is 2. The van der Waals surface area contributed by atoms with Crippen molar-refractivity contribution in [3.63, 3.8) is 0 Å². The van der Waals surface area contributed by atoms with Crippen LogP contribution >= 0.6 is 0 Å². The van der Waals surface area contributed by atoms with E-state index in [1.807, 2.05) is 30.3 Å². The third-order valence-electron chi connectivity index (χ3n) is 5.92. The molecule has 0 spiro atoms. The van der Waals surface area contributed by atoms with Gasteiger partial charge in [0.05, 0.1) is 11.0 Å². The molecule has 0 fully saturated rings. The van der Waals surface area contributed by atoms with Gasteiger partial charge in [-0.2, -0.15) is 0 Å². The van der Waals surface area contributed by atoms with Gasteiger partial charge in [0.15, 0.2) is 0 Å². The number of pyridine rings is 1. The van der Waals surface area contributed by atoms with Gasteiger partial charge in [-0.15, -0.1) is 0 Å². The van der Waals surface area contributed by atoms with Crippen LogP contribution in [-0.4, -0.2) is 45.5 Å². The highest BCUT2D eigenvalue weighted by atomic mass is 16.5. The van der Waals surface area contributed by atoms with Crippen molar-refractivity contribution in [1.29, 1.82) is 0 Å². The van der Waals surface area contributed by atoms with Gasteiger partial charge in [0.2, 0.25) is 0 Å². The minimum atomic E-state index is -1.20. The number of nitrogens with zero attached hydrogens (tertiary/aromatic N) is 1. The molecule has 2 unspecified atom stereocenters. The van der Waals surface area contributed by atoms with E-state index in [4.69, 9.17) is 4.74 Å². The number of hydrogen-bond donors (Lipinski definition) is 4. The molecule has 1 aliphatic carbocycles. The first-order valence-electron chi connectivity index (χ1n) is 10.5. The number of hydrogen-bond acceptors (Lipinski definition) is 5. The predicted molar refractivity (Wildman–Crippen MR) is 120 cm³/mol. The van der Waals surface area contributed by atoms with Crippen LogP contribution in [0.4, 0.5) is 4.79 Å². The molecule has 7 nitrogen and oxygen atoms in total. The number of H-pyrrole nitrogens is 1. The molecule has 0 bridgehead atoms. The van der Waals surface area contributed by atoms with E-state index in [-0.39, 0.29) is 19.1 Å². The number of amides is 1. The molecule has 0 radical (unpaired) electrons. The summed E-state index contributed by atoms with van der Waals surface area (Å²) in [6, 6.07) is 19.8. The Hall–Kier alpha value is -3.68. The van der Waals surface area contributed by atoms with Crippen molar-refractivity contribution >= 4 is 17.1 Å². The fraction of sp³-hybridized carbons (Fsp3) is 0.200. The molecular formula is C25H23N3O4. The highest BCUT2D eigenvalue weighted by Gasteiger charge is 2.29. The maximum atomic E-state index is 12.3. The molecule has 4 aromatic rings. The van der Waals surface area contributed by atoms with Crippen molar-refractivity contribution < 1.29 is 19.7 Å². The van der Waals surface area contributed by atoms with Crippen LogP contribution in [0.3, 0.4) is 0 Å². The summed E-state index contributed by atoms with van der Waals surface area (Å²) in [7, 11) is 0. The Kier molecular flexibility index (Phi) is 5.34. The SMILES string of the molecule is O=C(NCC(O)C(O)c1cnc2cc[nH]c2c1)OCC1c2ccccc2-c2ccccc21. The van der Waals surface area contributed by atoms with E-state index < -0.39 is 18.3 Å². The van der Waals surface area contributed by atoms with Crippen molar-refractivity contribution in [2.24, 2.45) is 0 Å². The molecule has 0 saturated carbocycles. The molecule has 5 rings (SSSR count). The van der Waals surface area contributed by atoms with Gasteiger partial charge in [-0.1, -0.05) is 48.5 Å². The highest BCUT2D eigenvalue weighted by Crippen LogP contribution is 2.44. The number of rotatable bonds is 6. The summed E-state index contributed by atoms with van der Waals surface area (Å²) in [6.45, 7) is 0.0343. The van der Waals surface area contributed by atoms with E-state index in [0.717, 1.165) is 33.3 Å². The Morgan fingerprint density at radius 1 is 1.06 bits per heavy atom. The number of ether oxygens (including phenoxy) is 1. The fourth-order valence-electron chi connectivity index (χ4n) is 4.28. The topological polar surface area (TPSA) is 107 Å². The van der Waals surface area contributed by atoms with Gasteiger partial charge in [0.25, 0.3) is 0 Å². The zero-order valence-electron chi connectivity index (χ0n) is 17.2. The number of fused-ring (bicyclic) bond motifs is 4. The molecule has 2 atom stereocenters. The number of carbonyl (C=O) groups excluding carboxylic acids is 1. The number of nitrogens with one attached hydrogen (secondary N) is 2. The average Bonchev–Trinajstić information content (AvgIpc) is 3.42. The van der Waals surface area contributed by atoms with Crippen LogP contribution < -0.4 is 5.32 Å². The van der Waals surface area contributed by atoms with E-state index in [9.17, 15) is 15.0 Å². The summed E-state index contributed by atoms with van der Waals surface area (Å²) >= 11 is 0. The van der Waals surface area contributed by atoms with Gasteiger partial charge < -0.3 is 25.3 Å². The largest absolute Gasteiger partial charge is 0.449 e. The smallest absolute Gasteiger partial charge is 0.407 e. The monoisotopic (exact) mass is 429 g/mol. The molecule has 7 heteroatoms. The molecular weight excluding hydrogens is 406 g/mol. The standard InChI is InChI=1S/C25H23N3O4/c29-23(24(30)15-11-22-21(27-12-15)9-10-26-22)13-28-25(31)32-14-20-18-7-3-1-5-16(18)17-6-2-4-8-19(17)20/h1-12,20,23-24,26,29-30H,13-14H2,(H,28,31). The number of alkyl carbamates (subject to hydrolysis) is 1. The van der Waals surface area contributed by atoms with E-state index >= 15 is 0 Å². The van der Waals surface area contributed by atoms with Crippen molar-refractivity contribution in [2.45, 2.75) is 18.1 Å². The van der Waals surface area contributed by atoms with Crippen molar-refractivity contribution in [2.75, 3.05) is 13.2 Å². The molecule has 4 N–H and O–H groups in total. The summed E-state index contributed by atoms with van der Waals surface area (Å²) in [5.74, 6) is -0.0396. The van der Waals surface area contributed by atoms with Crippen LogP contribution in [0.5, 0.6) is 0 Å². The maximum absolute atomic E-state index is 12.3. The number of benzene rings is 2. The van der Waals surface area contributed by atoms with Crippen molar-refractivity contribution in [3.8, 4) is 11.1 Å². The van der Waals surface area contributed by atoms with Crippen molar-refractivity contribution in [3.05, 3.63) is 89.7 Å². The minimum absolute atomic E-state index is 0.0396. The van der Waals surface area contributed by atoms with Crippen LogP contribution in [0.1, 0.15) is 28.7 Å². The van der Waals surface area contributed by atoms with Crippen LogP contribution in [0.15, 0.2) is 73.1 Å². The summed E-state index contributed by atoms with van der Waals surface area (Å²) in [5, 5.41) is 23.3. The van der Waals surface area contributed by atoms with Crippen LogP contribution in [0.2, 0.25) is 0 Å². The van der Waals surface area contributed by atoms with E-state index in [2.05, 4.69) is 39.6 Å². The quantitative estimate of drug-likeness (QED) is 0.375. The lowest BCUT2D eigenvalue weighted by Gasteiger charge is -2.19. The molecule has 2 aromatic carbocycles. The zero-order chi connectivity index (χ0) is 22.1. The number of aromatic nitrogens is 2. The second-order valence-electron chi connectivity index (χ2n) is 7.90. The zero-order valence-corrected chi connectivity index (χ0v) is 17.2. The number of aromatic amines is 1. The second kappa shape index (κ2) is 8.45. The lowest BCUT2D eigenvalue weighted by molar-refractivity contribution is 0.0184. The first kappa shape index (κ1) is 20.2. The Labute approximate surface area is 184 Å². The van der Waals surface area contributed by atoms with Gasteiger partial charge in [-0.25, -0.2) is 4.79 Å². The van der Waals surface area contributed by atoms with Crippen LogP contribution in [-0.2, 0) is 4.74 Å². The Bertz CT molecular complexity index is 1220. The third kappa shape index (κ3) is 3.72. The first-order chi connectivity index (χ1) is 15.6. The second-order valence-corrected chi connectivity index (χ2v) is 7.90. The minimum Gasteiger partial charge on any atom is -0.449 e. The van der Waals surface area contributed by atoms with Gasteiger partial charge in [-0.3, -0.25) is 4.98 Å². The molecule has 2 aromatic heterocycles. The summed E-state index contributed by atoms with van der Waals surface area (Å²) in [5.41, 5.74) is 6.56. The molecule has 0 aliphatic heterocycles. The van der Waals surface area contributed by atoms with E-state index in [0.29, 0.717) is 5.56 Å². The molecule has 1 aliphatic rings. The molecule has 2 heterocycles. The summed E-state index contributed by atoms with van der Waals surface area (Å²) in [6.07, 6.45) is 0.227. The van der Waals surface area contributed by atoms with Gasteiger partial charge in [-0.05, 0) is 34.4 Å². The summed E-state index contributed by atoms with van der Waals surface area (Å²) in [4.78, 5) is 19.5. The highest BCUT2D eigenvalue weighted by molar-refractivity contribution is 5.79. The lowest BCUT2D eigenvalue weighted by atomic mass is 9.98. The van der Waals surface area contributed by atoms with Gasteiger partial charge >= 0.3 is 6.09 Å². The predicted octanol–water partition coefficient (Wildman–Crippen LogP) is 3.50. The average molecular weight is 429 g/mol. The molecule has 1 amide bonds. The first-order valence-corrected chi connectivity index (χ1v) is 10.5. The lowest BCUT2D eigenvalue weighted by Crippen LogP contribution is -2.36. The molecule has 0 saturated heterocycles. The Balaban J connectivity index is 1.18. The summed E-state index contributed by atoms with van der Waals surface area (Å²) < 4.78 is 5.46. The molecule has 162 valence electrons. The maximum Gasteiger partial charge on any atom is 0.407 e. The van der Waals surface area contributed by atoms with Gasteiger partial charge in [0.1, 0.15) is 18.8 Å². The van der Waals surface area contributed by atoms with Crippen LogP contribution in [0.25, 0.3) is 22.2 Å². The Morgan fingerprint density at radius 2 is 1.75 bits per heavy atom. The van der Waals surface area contributed by atoms with Gasteiger partial charge in [0, 0.05) is 30.4 Å². The van der Waals surface area contributed by atoms with E-state index in [1.54, 1.807) is 12.3 Å².